The molecule has 1 aromatic heterocycles. The van der Waals surface area contributed by atoms with Crippen LogP contribution in [0.4, 0.5) is 0 Å². The van der Waals surface area contributed by atoms with Crippen molar-refractivity contribution in [1.82, 2.24) is 4.37 Å². The molecule has 0 spiro atoms. The van der Waals surface area contributed by atoms with Gasteiger partial charge in [-0.05, 0) is 11.5 Å². The van der Waals surface area contributed by atoms with Crippen LogP contribution in [-0.4, -0.2) is 17.5 Å². The molecule has 1 aromatic rings. The summed E-state index contributed by atoms with van der Waals surface area (Å²) in [6, 6.07) is 0. The lowest BCUT2D eigenvalue weighted by atomic mass is 10.4. The normalized spacial score (nSPS) is 8.09. The van der Waals surface area contributed by atoms with Crippen LogP contribution in [0.5, 0.6) is 0 Å². The van der Waals surface area contributed by atoms with Crippen molar-refractivity contribution in [2.24, 2.45) is 0 Å². The third kappa shape index (κ3) is 2.40. The number of hydrogen-bond acceptors (Lipinski definition) is 4. The van der Waals surface area contributed by atoms with Crippen LogP contribution < -0.4 is 0 Å². The fourth-order valence-electron chi connectivity index (χ4n) is 0.441. The van der Waals surface area contributed by atoms with Crippen molar-refractivity contribution in [1.29, 1.82) is 0 Å². The maximum absolute atomic E-state index is 10.5. The fourth-order valence-corrected chi connectivity index (χ4v) is 0.909. The Balaban J connectivity index is 2.66. The Morgan fingerprint density at radius 3 is 3.18 bits per heavy atom. The van der Waals surface area contributed by atoms with Gasteiger partial charge in [0.25, 0.3) is 0 Å². The molecule has 56 valence electrons. The average molecular weight is 167 g/mol. The van der Waals surface area contributed by atoms with Gasteiger partial charge in [0.1, 0.15) is 0 Å². The number of hydrogen-bond donors (Lipinski definition) is 0. The lowest BCUT2D eigenvalue weighted by molar-refractivity contribution is -0.133. The molecule has 0 N–H and O–H groups in total. The minimum atomic E-state index is -0.531. The molecule has 0 saturated carbocycles. The molecule has 0 saturated heterocycles. The molecule has 0 aliphatic carbocycles. The molecule has 3 nitrogen and oxygen atoms in total. The first-order chi connectivity index (χ1) is 5.33. The van der Waals surface area contributed by atoms with Gasteiger partial charge in [0, 0.05) is 11.3 Å². The van der Waals surface area contributed by atoms with Crippen LogP contribution >= 0.6 is 11.5 Å². The van der Waals surface area contributed by atoms with Crippen molar-refractivity contribution in [3.63, 3.8) is 0 Å². The van der Waals surface area contributed by atoms with Gasteiger partial charge in [-0.1, -0.05) is 5.92 Å². The van der Waals surface area contributed by atoms with Crippen molar-refractivity contribution in [2.45, 2.75) is 0 Å². The molecule has 0 aromatic carbocycles. The number of aromatic nitrogens is 1. The van der Waals surface area contributed by atoms with Gasteiger partial charge in [-0.2, -0.15) is 4.37 Å². The number of esters is 1. The van der Waals surface area contributed by atoms with E-state index in [1.807, 2.05) is 0 Å². The highest BCUT2D eigenvalue weighted by atomic mass is 32.1. The molecule has 0 fully saturated rings. The summed E-state index contributed by atoms with van der Waals surface area (Å²) in [4.78, 5) is 10.5. The molecular formula is C7H5NO2S. The second-order valence-electron chi connectivity index (χ2n) is 1.65. The topological polar surface area (TPSA) is 39.2 Å². The lowest BCUT2D eigenvalue weighted by Gasteiger charge is -1.82. The lowest BCUT2D eigenvalue weighted by Crippen LogP contribution is -1.94. The molecule has 0 atom stereocenters. The van der Waals surface area contributed by atoms with Gasteiger partial charge in [-0.3, -0.25) is 0 Å². The zero-order valence-corrected chi connectivity index (χ0v) is 6.64. The highest BCUT2D eigenvalue weighted by molar-refractivity contribution is 7.03. The fraction of sp³-hybridized carbons (Fsp3) is 0.143. The summed E-state index contributed by atoms with van der Waals surface area (Å²) in [5.74, 6) is 4.36. The third-order valence-corrected chi connectivity index (χ3v) is 1.51. The molecule has 0 aliphatic heterocycles. The summed E-state index contributed by atoms with van der Waals surface area (Å²) in [6.45, 7) is 0. The SMILES string of the molecule is COC(=O)C#Cc1cnsc1. The van der Waals surface area contributed by atoms with Gasteiger partial charge in [-0.25, -0.2) is 4.79 Å². The van der Waals surface area contributed by atoms with E-state index in [0.717, 1.165) is 5.56 Å². The van der Waals surface area contributed by atoms with Gasteiger partial charge >= 0.3 is 5.97 Å². The molecule has 0 radical (unpaired) electrons. The number of nitrogens with zero attached hydrogens (tertiary/aromatic N) is 1. The predicted octanol–water partition coefficient (Wildman–Crippen LogP) is 0.668. The van der Waals surface area contributed by atoms with Crippen molar-refractivity contribution in [3.05, 3.63) is 17.1 Å². The van der Waals surface area contributed by atoms with Gasteiger partial charge in [-0.15, -0.1) is 0 Å². The summed E-state index contributed by atoms with van der Waals surface area (Å²) in [6.07, 6.45) is 1.60. The number of carbonyl (C=O) groups is 1. The van der Waals surface area contributed by atoms with Crippen LogP contribution in [0.25, 0.3) is 0 Å². The smallest absolute Gasteiger partial charge is 0.384 e. The zero-order chi connectivity index (χ0) is 8.10. The summed E-state index contributed by atoms with van der Waals surface area (Å²) in [5.41, 5.74) is 0.736. The maximum atomic E-state index is 10.5. The van der Waals surface area contributed by atoms with Crippen molar-refractivity contribution >= 4 is 17.5 Å². The summed E-state index contributed by atoms with van der Waals surface area (Å²) >= 11 is 1.29. The molecule has 11 heavy (non-hydrogen) atoms. The molecule has 1 rings (SSSR count). The second-order valence-corrected chi connectivity index (χ2v) is 2.31. The standard InChI is InChI=1S/C7H5NO2S/c1-10-7(9)3-2-6-4-8-11-5-6/h4-5H,1H3. The van der Waals surface area contributed by atoms with Crippen LogP contribution in [0.2, 0.25) is 0 Å². The highest BCUT2D eigenvalue weighted by Gasteiger charge is 1.90. The molecule has 0 aliphatic rings. The molecule has 1 heterocycles. The first-order valence-corrected chi connectivity index (χ1v) is 3.66. The van der Waals surface area contributed by atoms with E-state index >= 15 is 0 Å². The average Bonchev–Trinajstić information content (AvgIpc) is 2.52. The highest BCUT2D eigenvalue weighted by Crippen LogP contribution is 1.97. The first-order valence-electron chi connectivity index (χ1n) is 2.82. The maximum Gasteiger partial charge on any atom is 0.384 e. The van der Waals surface area contributed by atoms with Crippen molar-refractivity contribution in [3.8, 4) is 11.8 Å². The monoisotopic (exact) mass is 167 g/mol. The Bertz CT molecular complexity index is 294. The van der Waals surface area contributed by atoms with E-state index in [1.54, 1.807) is 11.6 Å². The van der Waals surface area contributed by atoms with Crippen molar-refractivity contribution < 1.29 is 9.53 Å². The number of ether oxygens (including phenoxy) is 1. The van der Waals surface area contributed by atoms with E-state index in [4.69, 9.17) is 0 Å². The van der Waals surface area contributed by atoms with Crippen molar-refractivity contribution in [2.75, 3.05) is 7.11 Å². The van der Waals surface area contributed by atoms with Gasteiger partial charge in [0.15, 0.2) is 0 Å². The van der Waals surface area contributed by atoms with Crippen LogP contribution in [0.1, 0.15) is 5.56 Å². The Morgan fingerprint density at radius 2 is 2.64 bits per heavy atom. The third-order valence-electron chi connectivity index (χ3n) is 0.927. The van der Waals surface area contributed by atoms with E-state index in [0.29, 0.717) is 0 Å². The van der Waals surface area contributed by atoms with Gasteiger partial charge in [0.2, 0.25) is 0 Å². The van der Waals surface area contributed by atoms with E-state index in [1.165, 1.54) is 18.6 Å². The molecular weight excluding hydrogens is 162 g/mol. The molecule has 0 amide bonds. The summed E-state index contributed by atoms with van der Waals surface area (Å²) < 4.78 is 8.13. The van der Waals surface area contributed by atoms with Crippen LogP contribution in [0.3, 0.4) is 0 Å². The summed E-state index contributed by atoms with van der Waals surface area (Å²) in [5, 5.41) is 1.76. The van der Waals surface area contributed by atoms with Gasteiger partial charge in [0.05, 0.1) is 18.9 Å². The van der Waals surface area contributed by atoms with Crippen LogP contribution in [-0.2, 0) is 9.53 Å². The minimum Gasteiger partial charge on any atom is -0.459 e. The van der Waals surface area contributed by atoms with E-state index in [-0.39, 0.29) is 0 Å². The number of rotatable bonds is 0. The first kappa shape index (κ1) is 7.76. The molecule has 4 heteroatoms. The van der Waals surface area contributed by atoms with Gasteiger partial charge < -0.3 is 4.74 Å². The number of carbonyl (C=O) groups excluding carboxylic acids is 1. The second kappa shape index (κ2) is 3.74. The zero-order valence-electron chi connectivity index (χ0n) is 5.83. The Kier molecular flexibility index (Phi) is 2.64. The Labute approximate surface area is 68.2 Å². The van der Waals surface area contributed by atoms with E-state index in [9.17, 15) is 4.79 Å². The summed E-state index contributed by atoms with van der Waals surface area (Å²) in [7, 11) is 1.29. The van der Waals surface area contributed by atoms with Crippen LogP contribution in [0, 0.1) is 11.8 Å². The van der Waals surface area contributed by atoms with E-state index < -0.39 is 5.97 Å². The molecule has 0 unspecified atom stereocenters. The predicted molar refractivity (Wildman–Crippen MR) is 41.0 cm³/mol. The number of methoxy groups -OCH3 is 1. The Morgan fingerprint density at radius 1 is 1.82 bits per heavy atom. The Hall–Kier alpha value is -1.34. The van der Waals surface area contributed by atoms with Crippen LogP contribution in [0.15, 0.2) is 11.6 Å². The largest absolute Gasteiger partial charge is 0.459 e. The van der Waals surface area contributed by atoms with E-state index in [2.05, 4.69) is 21.0 Å². The molecule has 0 bridgehead atoms. The minimum absolute atomic E-state index is 0.531. The quantitative estimate of drug-likeness (QED) is 0.421.